The molecule has 0 amide bonds. The molecule has 0 atom stereocenters. The second-order valence-corrected chi connectivity index (χ2v) is 5.10. The lowest BCUT2D eigenvalue weighted by molar-refractivity contribution is 0.581. The molecule has 0 heterocycles. The van der Waals surface area contributed by atoms with E-state index in [2.05, 4.69) is 15.6 Å². The van der Waals surface area contributed by atoms with Crippen molar-refractivity contribution in [3.8, 4) is 0 Å². The minimum absolute atomic E-state index is 0.103. The lowest BCUT2D eigenvalue weighted by atomic mass is 10.1. The van der Waals surface area contributed by atoms with E-state index < -0.39 is 11.6 Å². The van der Waals surface area contributed by atoms with Crippen molar-refractivity contribution in [2.45, 2.75) is 20.0 Å². The summed E-state index contributed by atoms with van der Waals surface area (Å²) in [5, 5.41) is 5.95. The van der Waals surface area contributed by atoms with Crippen LogP contribution in [0.1, 0.15) is 16.7 Å². The van der Waals surface area contributed by atoms with Gasteiger partial charge in [0.15, 0.2) is 5.96 Å². The van der Waals surface area contributed by atoms with Crippen molar-refractivity contribution in [3.63, 3.8) is 0 Å². The van der Waals surface area contributed by atoms with Gasteiger partial charge in [0.1, 0.15) is 17.5 Å². The second kappa shape index (κ2) is 7.67. The molecule has 0 saturated heterocycles. The van der Waals surface area contributed by atoms with Crippen LogP contribution in [0.25, 0.3) is 0 Å². The van der Waals surface area contributed by atoms with Gasteiger partial charge in [0.25, 0.3) is 0 Å². The van der Waals surface area contributed by atoms with Gasteiger partial charge in [-0.05, 0) is 42.3 Å². The predicted octanol–water partition coefficient (Wildman–Crippen LogP) is 3.28. The molecule has 2 aromatic rings. The van der Waals surface area contributed by atoms with Crippen LogP contribution in [0, 0.1) is 24.4 Å². The standard InChI is InChI=1S/C17H18F3N3/c1-11-7-12(3-5-15(11)19)9-22-17(21-2)23-10-13-8-14(18)4-6-16(13)20/h3-8H,9-10H2,1-2H3,(H2,21,22,23). The molecule has 0 aromatic heterocycles. The fourth-order valence-corrected chi connectivity index (χ4v) is 2.08. The molecular weight excluding hydrogens is 303 g/mol. The zero-order chi connectivity index (χ0) is 16.8. The van der Waals surface area contributed by atoms with E-state index in [1.54, 1.807) is 26.1 Å². The van der Waals surface area contributed by atoms with Crippen LogP contribution in [0.5, 0.6) is 0 Å². The molecule has 122 valence electrons. The molecule has 0 aliphatic rings. The summed E-state index contributed by atoms with van der Waals surface area (Å²) in [7, 11) is 1.58. The molecule has 0 unspecified atom stereocenters. The molecule has 6 heteroatoms. The summed E-state index contributed by atoms with van der Waals surface area (Å²) in [5.74, 6) is -0.787. The highest BCUT2D eigenvalue weighted by Gasteiger charge is 2.06. The van der Waals surface area contributed by atoms with Crippen LogP contribution in [0.15, 0.2) is 41.4 Å². The van der Waals surface area contributed by atoms with Crippen LogP contribution in [0.4, 0.5) is 13.2 Å². The van der Waals surface area contributed by atoms with E-state index in [0.717, 1.165) is 23.8 Å². The number of benzene rings is 2. The number of hydrogen-bond donors (Lipinski definition) is 2. The fraction of sp³-hybridized carbons (Fsp3) is 0.235. The average molecular weight is 321 g/mol. The minimum atomic E-state index is -0.493. The van der Waals surface area contributed by atoms with Crippen molar-refractivity contribution >= 4 is 5.96 Å². The maximum atomic E-state index is 13.6. The summed E-state index contributed by atoms with van der Waals surface area (Å²) >= 11 is 0. The van der Waals surface area contributed by atoms with E-state index in [1.165, 1.54) is 6.07 Å². The fourth-order valence-electron chi connectivity index (χ4n) is 2.08. The molecule has 2 N–H and O–H groups in total. The van der Waals surface area contributed by atoms with Gasteiger partial charge < -0.3 is 10.6 Å². The molecule has 0 bridgehead atoms. The highest BCUT2D eigenvalue weighted by molar-refractivity contribution is 5.79. The summed E-state index contributed by atoms with van der Waals surface area (Å²) in [6, 6.07) is 8.12. The SMILES string of the molecule is CN=C(NCc1ccc(F)c(C)c1)NCc1cc(F)ccc1F. The Kier molecular flexibility index (Phi) is 5.62. The van der Waals surface area contributed by atoms with E-state index in [1.807, 2.05) is 0 Å². The highest BCUT2D eigenvalue weighted by atomic mass is 19.1. The van der Waals surface area contributed by atoms with Crippen LogP contribution >= 0.6 is 0 Å². The number of halogens is 3. The van der Waals surface area contributed by atoms with E-state index in [9.17, 15) is 13.2 Å². The van der Waals surface area contributed by atoms with Gasteiger partial charge >= 0.3 is 0 Å². The van der Waals surface area contributed by atoms with Crippen LogP contribution in [-0.2, 0) is 13.1 Å². The number of nitrogens with one attached hydrogen (secondary N) is 2. The second-order valence-electron chi connectivity index (χ2n) is 5.10. The summed E-state index contributed by atoms with van der Waals surface area (Å²) in [5.41, 5.74) is 1.67. The van der Waals surface area contributed by atoms with Gasteiger partial charge in [-0.3, -0.25) is 4.99 Å². The van der Waals surface area contributed by atoms with E-state index in [4.69, 9.17) is 0 Å². The normalized spacial score (nSPS) is 11.4. The van der Waals surface area contributed by atoms with Gasteiger partial charge in [-0.15, -0.1) is 0 Å². The van der Waals surface area contributed by atoms with Gasteiger partial charge in [0, 0.05) is 25.7 Å². The largest absolute Gasteiger partial charge is 0.352 e. The number of aliphatic imine (C=N–C) groups is 1. The maximum absolute atomic E-state index is 13.6. The highest BCUT2D eigenvalue weighted by Crippen LogP contribution is 2.10. The molecule has 0 radical (unpaired) electrons. The van der Waals surface area contributed by atoms with Crippen LogP contribution < -0.4 is 10.6 Å². The van der Waals surface area contributed by atoms with Crippen molar-refractivity contribution in [1.82, 2.24) is 10.6 Å². The first kappa shape index (κ1) is 16.9. The number of rotatable bonds is 4. The summed E-state index contributed by atoms with van der Waals surface area (Å²) < 4.78 is 39.9. The first-order valence-corrected chi connectivity index (χ1v) is 7.13. The van der Waals surface area contributed by atoms with Crippen molar-refractivity contribution in [3.05, 3.63) is 70.5 Å². The Morgan fingerprint density at radius 2 is 1.65 bits per heavy atom. The Labute approximate surface area is 133 Å². The summed E-state index contributed by atoms with van der Waals surface area (Å²) in [4.78, 5) is 4.01. The maximum Gasteiger partial charge on any atom is 0.191 e. The Morgan fingerprint density at radius 1 is 0.957 bits per heavy atom. The van der Waals surface area contributed by atoms with Gasteiger partial charge in [-0.2, -0.15) is 0 Å². The summed E-state index contributed by atoms with van der Waals surface area (Å²) in [6.07, 6.45) is 0. The van der Waals surface area contributed by atoms with Gasteiger partial charge in [-0.1, -0.05) is 12.1 Å². The van der Waals surface area contributed by atoms with Crippen molar-refractivity contribution in [1.29, 1.82) is 0 Å². The topological polar surface area (TPSA) is 36.4 Å². The van der Waals surface area contributed by atoms with E-state index >= 15 is 0 Å². The Balaban J connectivity index is 1.93. The lowest BCUT2D eigenvalue weighted by Crippen LogP contribution is -2.36. The zero-order valence-electron chi connectivity index (χ0n) is 13.0. The quantitative estimate of drug-likeness (QED) is 0.670. The molecule has 0 aliphatic carbocycles. The van der Waals surface area contributed by atoms with E-state index in [-0.39, 0.29) is 17.9 Å². The van der Waals surface area contributed by atoms with Gasteiger partial charge in [-0.25, -0.2) is 13.2 Å². The third-order valence-electron chi connectivity index (χ3n) is 3.36. The molecular formula is C17H18F3N3. The van der Waals surface area contributed by atoms with Crippen LogP contribution in [0.3, 0.4) is 0 Å². The lowest BCUT2D eigenvalue weighted by Gasteiger charge is -2.13. The molecule has 3 nitrogen and oxygen atoms in total. The Bertz CT molecular complexity index is 714. The van der Waals surface area contributed by atoms with Crippen LogP contribution in [0.2, 0.25) is 0 Å². The molecule has 2 aromatic carbocycles. The molecule has 0 spiro atoms. The van der Waals surface area contributed by atoms with Gasteiger partial charge in [0.05, 0.1) is 0 Å². The molecule has 0 saturated carbocycles. The Morgan fingerprint density at radius 3 is 2.35 bits per heavy atom. The van der Waals surface area contributed by atoms with Crippen molar-refractivity contribution in [2.75, 3.05) is 7.05 Å². The smallest absolute Gasteiger partial charge is 0.191 e. The minimum Gasteiger partial charge on any atom is -0.352 e. The molecule has 23 heavy (non-hydrogen) atoms. The zero-order valence-corrected chi connectivity index (χ0v) is 13.0. The third kappa shape index (κ3) is 4.74. The molecule has 0 aliphatic heterocycles. The van der Waals surface area contributed by atoms with Gasteiger partial charge in [0.2, 0.25) is 0 Å². The third-order valence-corrected chi connectivity index (χ3v) is 3.36. The average Bonchev–Trinajstić information content (AvgIpc) is 2.54. The summed E-state index contributed by atoms with van der Waals surface area (Å²) in [6.45, 7) is 2.23. The number of nitrogens with zero attached hydrogens (tertiary/aromatic N) is 1. The number of hydrogen-bond acceptors (Lipinski definition) is 1. The molecule has 0 fully saturated rings. The van der Waals surface area contributed by atoms with Crippen LogP contribution in [-0.4, -0.2) is 13.0 Å². The monoisotopic (exact) mass is 321 g/mol. The first-order valence-electron chi connectivity index (χ1n) is 7.13. The van der Waals surface area contributed by atoms with E-state index in [0.29, 0.717) is 18.1 Å². The Hall–Kier alpha value is -2.50. The molecule has 2 rings (SSSR count). The predicted molar refractivity (Wildman–Crippen MR) is 84.5 cm³/mol. The van der Waals surface area contributed by atoms with Crippen molar-refractivity contribution in [2.24, 2.45) is 4.99 Å². The first-order chi connectivity index (χ1) is 11.0. The number of aryl methyl sites for hydroxylation is 1. The number of guanidine groups is 1. The van der Waals surface area contributed by atoms with Crippen molar-refractivity contribution < 1.29 is 13.2 Å².